The molecule has 0 aliphatic rings. The third-order valence-electron chi connectivity index (χ3n) is 3.34. The molecule has 1 aromatic heterocycles. The summed E-state index contributed by atoms with van der Waals surface area (Å²) in [6.07, 6.45) is 1.63. The van der Waals surface area contributed by atoms with Crippen LogP contribution in [0.25, 0.3) is 0 Å². The molecule has 0 saturated carbocycles. The van der Waals surface area contributed by atoms with E-state index in [1.807, 2.05) is 0 Å². The molecule has 0 aliphatic carbocycles. The van der Waals surface area contributed by atoms with Crippen molar-refractivity contribution in [2.45, 2.75) is 24.0 Å². The van der Waals surface area contributed by atoms with Crippen molar-refractivity contribution in [1.29, 1.82) is 0 Å². The summed E-state index contributed by atoms with van der Waals surface area (Å²) >= 11 is 0. The number of nitrogens with one attached hydrogen (secondary N) is 1. The first-order valence-corrected chi connectivity index (χ1v) is 8.62. The molecule has 0 spiro atoms. The van der Waals surface area contributed by atoms with Crippen LogP contribution in [0.1, 0.15) is 30.4 Å². The van der Waals surface area contributed by atoms with Crippen LogP contribution in [0.15, 0.2) is 45.9 Å². The molecule has 120 valence electrons. The molecule has 0 aliphatic heterocycles. The smallest absolute Gasteiger partial charge is 0.178 e. The van der Waals surface area contributed by atoms with Crippen molar-refractivity contribution in [2.24, 2.45) is 0 Å². The van der Waals surface area contributed by atoms with Gasteiger partial charge in [-0.1, -0.05) is 6.07 Å². The third kappa shape index (κ3) is 3.94. The van der Waals surface area contributed by atoms with E-state index in [9.17, 15) is 17.9 Å². The number of hydrogen-bond donors (Lipinski definition) is 2. The van der Waals surface area contributed by atoms with Crippen LogP contribution in [0.2, 0.25) is 0 Å². The molecular formula is C15H18FNO4S. The van der Waals surface area contributed by atoms with Crippen LogP contribution in [-0.2, 0) is 9.84 Å². The number of hydrogen-bond acceptors (Lipinski definition) is 5. The summed E-state index contributed by atoms with van der Waals surface area (Å²) < 4.78 is 41.7. The maximum absolute atomic E-state index is 13.9. The van der Waals surface area contributed by atoms with Gasteiger partial charge in [0.05, 0.1) is 6.26 Å². The lowest BCUT2D eigenvalue weighted by Crippen LogP contribution is -2.24. The Kier molecular flexibility index (Phi) is 5.00. The number of aliphatic hydroxyl groups is 1. The minimum atomic E-state index is -3.58. The van der Waals surface area contributed by atoms with Gasteiger partial charge in [-0.2, -0.15) is 0 Å². The highest BCUT2D eigenvalue weighted by Gasteiger charge is 2.17. The lowest BCUT2D eigenvalue weighted by atomic mass is 10.1. The average molecular weight is 327 g/mol. The quantitative estimate of drug-likeness (QED) is 0.850. The molecular weight excluding hydrogens is 309 g/mol. The Morgan fingerprint density at radius 1 is 1.36 bits per heavy atom. The summed E-state index contributed by atoms with van der Waals surface area (Å²) in [4.78, 5) is -0.320. The average Bonchev–Trinajstić information content (AvgIpc) is 2.97. The van der Waals surface area contributed by atoms with Crippen LogP contribution in [-0.4, -0.2) is 26.3 Å². The van der Waals surface area contributed by atoms with Crippen molar-refractivity contribution >= 4 is 9.84 Å². The monoisotopic (exact) mass is 327 g/mol. The minimum Gasteiger partial charge on any atom is -0.467 e. The number of benzene rings is 1. The highest BCUT2D eigenvalue weighted by Crippen LogP contribution is 2.21. The van der Waals surface area contributed by atoms with E-state index in [4.69, 9.17) is 4.42 Å². The lowest BCUT2D eigenvalue weighted by Gasteiger charge is -2.17. The molecule has 7 heteroatoms. The predicted octanol–water partition coefficient (Wildman–Crippen LogP) is 2.21. The van der Waals surface area contributed by atoms with Crippen molar-refractivity contribution < 1.29 is 22.3 Å². The summed E-state index contributed by atoms with van der Waals surface area (Å²) in [6, 6.07) is 7.08. The first-order chi connectivity index (χ1) is 10.3. The van der Waals surface area contributed by atoms with E-state index in [1.165, 1.54) is 18.4 Å². The summed E-state index contributed by atoms with van der Waals surface area (Å²) in [5.74, 6) is -0.335. The van der Waals surface area contributed by atoms with Gasteiger partial charge in [-0.25, -0.2) is 12.8 Å². The zero-order chi connectivity index (χ0) is 16.3. The van der Waals surface area contributed by atoms with E-state index in [2.05, 4.69) is 5.32 Å². The molecule has 2 rings (SSSR count). The molecule has 2 unspecified atom stereocenters. The predicted molar refractivity (Wildman–Crippen MR) is 79.6 cm³/mol. The van der Waals surface area contributed by atoms with Gasteiger partial charge >= 0.3 is 0 Å². The van der Waals surface area contributed by atoms with Gasteiger partial charge in [0.1, 0.15) is 22.6 Å². The maximum Gasteiger partial charge on any atom is 0.178 e. The maximum atomic E-state index is 13.9. The van der Waals surface area contributed by atoms with E-state index in [0.717, 1.165) is 6.26 Å². The second kappa shape index (κ2) is 6.60. The highest BCUT2D eigenvalue weighted by molar-refractivity contribution is 7.90. The fourth-order valence-corrected chi connectivity index (χ4v) is 2.80. The van der Waals surface area contributed by atoms with E-state index in [-0.39, 0.29) is 17.5 Å². The fourth-order valence-electron chi connectivity index (χ4n) is 2.07. The van der Waals surface area contributed by atoms with Gasteiger partial charge in [-0.3, -0.25) is 0 Å². The first kappa shape index (κ1) is 16.7. The molecule has 1 heterocycles. The molecule has 2 aromatic rings. The van der Waals surface area contributed by atoms with Gasteiger partial charge in [-0.05, 0) is 36.8 Å². The van der Waals surface area contributed by atoms with Crippen LogP contribution >= 0.6 is 0 Å². The second-order valence-electron chi connectivity index (χ2n) is 5.12. The molecule has 1 aromatic carbocycles. The summed E-state index contributed by atoms with van der Waals surface area (Å²) in [6.45, 7) is 2.02. The van der Waals surface area contributed by atoms with Crippen LogP contribution < -0.4 is 5.32 Å². The van der Waals surface area contributed by atoms with Crippen LogP contribution in [0.5, 0.6) is 0 Å². The number of halogens is 1. The van der Waals surface area contributed by atoms with Crippen molar-refractivity contribution in [3.63, 3.8) is 0 Å². The number of aliphatic hydroxyl groups excluding tert-OH is 1. The van der Waals surface area contributed by atoms with Crippen LogP contribution in [0.4, 0.5) is 4.39 Å². The molecule has 0 fully saturated rings. The molecule has 0 radical (unpaired) electrons. The summed E-state index contributed by atoms with van der Waals surface area (Å²) in [7, 11) is -3.58. The minimum absolute atomic E-state index is 0.226. The Balaban J connectivity index is 2.04. The highest BCUT2D eigenvalue weighted by atomic mass is 32.2. The van der Waals surface area contributed by atoms with Crippen LogP contribution in [0, 0.1) is 5.82 Å². The molecule has 0 saturated heterocycles. The topological polar surface area (TPSA) is 79.5 Å². The third-order valence-corrected chi connectivity index (χ3v) is 4.47. The molecule has 5 nitrogen and oxygen atoms in total. The lowest BCUT2D eigenvalue weighted by molar-refractivity contribution is 0.144. The Morgan fingerprint density at radius 3 is 2.64 bits per heavy atom. The Morgan fingerprint density at radius 2 is 2.09 bits per heavy atom. The van der Waals surface area contributed by atoms with Gasteiger partial charge in [0.2, 0.25) is 0 Å². The summed E-state index contributed by atoms with van der Waals surface area (Å²) in [5.41, 5.74) is 0.594. The zero-order valence-electron chi connectivity index (χ0n) is 12.3. The van der Waals surface area contributed by atoms with Crippen LogP contribution in [0.3, 0.4) is 0 Å². The van der Waals surface area contributed by atoms with Gasteiger partial charge in [-0.15, -0.1) is 0 Å². The van der Waals surface area contributed by atoms with Crippen molar-refractivity contribution in [2.75, 3.05) is 12.8 Å². The molecule has 22 heavy (non-hydrogen) atoms. The van der Waals surface area contributed by atoms with Gasteiger partial charge in [0.25, 0.3) is 0 Å². The van der Waals surface area contributed by atoms with E-state index >= 15 is 0 Å². The fraction of sp³-hybridized carbons (Fsp3) is 0.333. The normalized spacial score (nSPS) is 14.7. The molecule has 0 amide bonds. The van der Waals surface area contributed by atoms with Gasteiger partial charge in [0.15, 0.2) is 9.84 Å². The second-order valence-corrected chi connectivity index (χ2v) is 7.11. The number of rotatable bonds is 6. The summed E-state index contributed by atoms with van der Waals surface area (Å²) in [5, 5.41) is 12.9. The number of sulfone groups is 1. The van der Waals surface area contributed by atoms with Gasteiger partial charge in [0, 0.05) is 18.8 Å². The van der Waals surface area contributed by atoms with Gasteiger partial charge < -0.3 is 14.8 Å². The van der Waals surface area contributed by atoms with Crippen molar-refractivity contribution in [3.05, 3.63) is 53.7 Å². The Hall–Kier alpha value is -1.70. The van der Waals surface area contributed by atoms with E-state index in [1.54, 1.807) is 25.1 Å². The molecule has 2 N–H and O–H groups in total. The molecule has 2 atom stereocenters. The number of furan rings is 1. The SMILES string of the molecule is CC(NCC(O)c1ccco1)c1ccc(S(C)(=O)=O)c(F)c1. The standard InChI is InChI=1S/C15H18FNO4S/c1-10(17-9-13(18)14-4-3-7-21-14)11-5-6-15(12(16)8-11)22(2,19)20/h3-8,10,13,17-18H,9H2,1-2H3. The van der Waals surface area contributed by atoms with Crippen molar-refractivity contribution in [3.8, 4) is 0 Å². The largest absolute Gasteiger partial charge is 0.467 e. The van der Waals surface area contributed by atoms with Crippen molar-refractivity contribution in [1.82, 2.24) is 5.32 Å². The Bertz CT molecular complexity index is 728. The van der Waals surface area contributed by atoms with E-state index in [0.29, 0.717) is 11.3 Å². The first-order valence-electron chi connectivity index (χ1n) is 6.73. The molecule has 0 bridgehead atoms. The Labute approximate surface area is 128 Å². The zero-order valence-corrected chi connectivity index (χ0v) is 13.1. The van der Waals surface area contributed by atoms with E-state index < -0.39 is 21.8 Å².